The SMILES string of the molecule is CN(C)C1CCCN(S(=O)(=O)c2cnn(CCCN)c2)C1. The molecule has 1 aromatic heterocycles. The van der Waals surface area contributed by atoms with Crippen LogP contribution in [0.2, 0.25) is 0 Å². The Morgan fingerprint density at radius 1 is 1.48 bits per heavy atom. The highest BCUT2D eigenvalue weighted by molar-refractivity contribution is 7.89. The fourth-order valence-corrected chi connectivity index (χ4v) is 4.03. The number of likely N-dealkylation sites (N-methyl/N-ethyl adjacent to an activating group) is 1. The van der Waals surface area contributed by atoms with Crippen LogP contribution in [0.5, 0.6) is 0 Å². The zero-order valence-electron chi connectivity index (χ0n) is 12.8. The maximum atomic E-state index is 12.7. The van der Waals surface area contributed by atoms with Gasteiger partial charge < -0.3 is 10.6 Å². The Labute approximate surface area is 126 Å². The van der Waals surface area contributed by atoms with E-state index in [1.807, 2.05) is 14.1 Å². The summed E-state index contributed by atoms with van der Waals surface area (Å²) in [7, 11) is 0.543. The van der Waals surface area contributed by atoms with E-state index in [4.69, 9.17) is 5.73 Å². The number of aromatic nitrogens is 2. The van der Waals surface area contributed by atoms with Gasteiger partial charge in [0.25, 0.3) is 0 Å². The van der Waals surface area contributed by atoms with Crippen LogP contribution >= 0.6 is 0 Å². The number of nitrogens with zero attached hydrogens (tertiary/aromatic N) is 4. The Hall–Kier alpha value is -0.960. The number of sulfonamides is 1. The van der Waals surface area contributed by atoms with Crippen LogP contribution in [0.1, 0.15) is 19.3 Å². The summed E-state index contributed by atoms with van der Waals surface area (Å²) in [5.74, 6) is 0. The summed E-state index contributed by atoms with van der Waals surface area (Å²) in [6.07, 6.45) is 5.75. The second kappa shape index (κ2) is 6.87. The van der Waals surface area contributed by atoms with Crippen LogP contribution < -0.4 is 5.73 Å². The zero-order chi connectivity index (χ0) is 15.5. The molecule has 0 amide bonds. The number of piperidine rings is 1. The smallest absolute Gasteiger partial charge is 0.246 e. The van der Waals surface area contributed by atoms with E-state index in [2.05, 4.69) is 10.00 Å². The first-order valence-electron chi connectivity index (χ1n) is 7.34. The van der Waals surface area contributed by atoms with Crippen molar-refractivity contribution in [3.05, 3.63) is 12.4 Å². The van der Waals surface area contributed by atoms with Gasteiger partial charge >= 0.3 is 0 Å². The molecular formula is C13H25N5O2S. The molecule has 0 aliphatic carbocycles. The molecule has 21 heavy (non-hydrogen) atoms. The molecule has 1 unspecified atom stereocenters. The number of hydrogen-bond acceptors (Lipinski definition) is 5. The first-order valence-corrected chi connectivity index (χ1v) is 8.78. The zero-order valence-corrected chi connectivity index (χ0v) is 13.6. The molecule has 2 N–H and O–H groups in total. The van der Waals surface area contributed by atoms with Crippen LogP contribution in [0.25, 0.3) is 0 Å². The predicted octanol–water partition coefficient (Wildman–Crippen LogP) is -0.0534. The highest BCUT2D eigenvalue weighted by Crippen LogP contribution is 2.21. The summed E-state index contributed by atoms with van der Waals surface area (Å²) in [5.41, 5.74) is 5.46. The Bertz CT molecular complexity index is 555. The van der Waals surface area contributed by atoms with Crippen LogP contribution in [0.4, 0.5) is 0 Å². The third-order valence-corrected chi connectivity index (χ3v) is 5.75. The van der Waals surface area contributed by atoms with E-state index < -0.39 is 10.0 Å². The molecule has 0 bridgehead atoms. The lowest BCUT2D eigenvalue weighted by Crippen LogP contribution is -2.47. The van der Waals surface area contributed by atoms with Crippen molar-refractivity contribution in [1.82, 2.24) is 19.0 Å². The van der Waals surface area contributed by atoms with Crippen molar-refractivity contribution in [2.24, 2.45) is 5.73 Å². The Morgan fingerprint density at radius 2 is 2.24 bits per heavy atom. The first kappa shape index (κ1) is 16.4. The lowest BCUT2D eigenvalue weighted by molar-refractivity contribution is 0.190. The second-order valence-electron chi connectivity index (χ2n) is 5.70. The van der Waals surface area contributed by atoms with Crippen LogP contribution in [-0.4, -0.2) is 67.2 Å². The van der Waals surface area contributed by atoms with Gasteiger partial charge in [-0.2, -0.15) is 9.40 Å². The minimum Gasteiger partial charge on any atom is -0.330 e. The Kier molecular flexibility index (Phi) is 5.37. The van der Waals surface area contributed by atoms with Gasteiger partial charge in [-0.15, -0.1) is 0 Å². The average Bonchev–Trinajstić information content (AvgIpc) is 2.94. The van der Waals surface area contributed by atoms with E-state index in [-0.39, 0.29) is 10.9 Å². The number of hydrogen-bond donors (Lipinski definition) is 1. The van der Waals surface area contributed by atoms with Crippen molar-refractivity contribution >= 4 is 10.0 Å². The molecule has 0 radical (unpaired) electrons. The quantitative estimate of drug-likeness (QED) is 0.795. The van der Waals surface area contributed by atoms with E-state index in [9.17, 15) is 8.42 Å². The summed E-state index contributed by atoms with van der Waals surface area (Å²) >= 11 is 0. The molecule has 2 heterocycles. The summed E-state index contributed by atoms with van der Waals surface area (Å²) in [6, 6.07) is 0.279. The highest BCUT2D eigenvalue weighted by Gasteiger charge is 2.31. The molecule has 1 atom stereocenters. The standard InChI is InChI=1S/C13H25N5O2S/c1-16(2)12-5-3-8-18(10-12)21(19,20)13-9-15-17(11-13)7-4-6-14/h9,11-12H,3-8,10,14H2,1-2H3. The molecule has 8 heteroatoms. The monoisotopic (exact) mass is 315 g/mol. The van der Waals surface area contributed by atoms with Crippen LogP contribution in [0.15, 0.2) is 17.3 Å². The average molecular weight is 315 g/mol. The third kappa shape index (κ3) is 3.82. The molecule has 0 saturated carbocycles. The van der Waals surface area contributed by atoms with Gasteiger partial charge in [0, 0.05) is 31.9 Å². The van der Waals surface area contributed by atoms with Gasteiger partial charge in [0.05, 0.1) is 6.20 Å². The molecule has 120 valence electrons. The normalized spacial score (nSPS) is 21.0. The van der Waals surface area contributed by atoms with Gasteiger partial charge in [0.1, 0.15) is 4.90 Å². The Balaban J connectivity index is 2.11. The van der Waals surface area contributed by atoms with E-state index in [1.165, 1.54) is 6.20 Å². The Morgan fingerprint density at radius 3 is 2.90 bits per heavy atom. The lowest BCUT2D eigenvalue weighted by Gasteiger charge is -2.35. The molecule has 2 rings (SSSR count). The van der Waals surface area contributed by atoms with Gasteiger partial charge in [-0.1, -0.05) is 0 Å². The molecule has 1 saturated heterocycles. The van der Waals surface area contributed by atoms with Gasteiger partial charge in [-0.3, -0.25) is 4.68 Å². The van der Waals surface area contributed by atoms with E-state index in [1.54, 1.807) is 15.2 Å². The summed E-state index contributed by atoms with van der Waals surface area (Å²) in [4.78, 5) is 2.37. The van der Waals surface area contributed by atoms with Crippen molar-refractivity contribution in [3.8, 4) is 0 Å². The fourth-order valence-electron chi connectivity index (χ4n) is 2.56. The predicted molar refractivity (Wildman–Crippen MR) is 81.4 cm³/mol. The van der Waals surface area contributed by atoms with Gasteiger partial charge in [-0.05, 0) is 39.9 Å². The van der Waals surface area contributed by atoms with Gasteiger partial charge in [0.2, 0.25) is 10.0 Å². The van der Waals surface area contributed by atoms with E-state index in [0.717, 1.165) is 19.3 Å². The first-order chi connectivity index (χ1) is 9.95. The summed E-state index contributed by atoms with van der Waals surface area (Å²) < 4.78 is 28.6. The minimum atomic E-state index is -3.44. The lowest BCUT2D eigenvalue weighted by atomic mass is 10.1. The minimum absolute atomic E-state index is 0.277. The van der Waals surface area contributed by atoms with Crippen molar-refractivity contribution in [1.29, 1.82) is 0 Å². The topological polar surface area (TPSA) is 84.5 Å². The van der Waals surface area contributed by atoms with Crippen molar-refractivity contribution in [2.45, 2.75) is 36.7 Å². The molecule has 1 aliphatic heterocycles. The number of rotatable bonds is 6. The number of nitrogens with two attached hydrogens (primary N) is 1. The molecule has 0 aromatic carbocycles. The van der Waals surface area contributed by atoms with E-state index >= 15 is 0 Å². The molecule has 1 aromatic rings. The maximum absolute atomic E-state index is 12.7. The number of aryl methyl sites for hydroxylation is 1. The highest BCUT2D eigenvalue weighted by atomic mass is 32.2. The third-order valence-electron chi connectivity index (χ3n) is 3.93. The molecule has 1 fully saturated rings. The van der Waals surface area contributed by atoms with Crippen LogP contribution in [0.3, 0.4) is 0 Å². The maximum Gasteiger partial charge on any atom is 0.246 e. The van der Waals surface area contributed by atoms with E-state index in [0.29, 0.717) is 26.2 Å². The van der Waals surface area contributed by atoms with Crippen molar-refractivity contribution in [3.63, 3.8) is 0 Å². The molecule has 1 aliphatic rings. The van der Waals surface area contributed by atoms with Crippen LogP contribution in [-0.2, 0) is 16.6 Å². The molecule has 0 spiro atoms. The summed E-state index contributed by atoms with van der Waals surface area (Å²) in [5, 5.41) is 4.11. The second-order valence-corrected chi connectivity index (χ2v) is 7.64. The van der Waals surface area contributed by atoms with Crippen molar-refractivity contribution < 1.29 is 8.42 Å². The largest absolute Gasteiger partial charge is 0.330 e. The van der Waals surface area contributed by atoms with Crippen LogP contribution in [0, 0.1) is 0 Å². The van der Waals surface area contributed by atoms with Crippen molar-refractivity contribution in [2.75, 3.05) is 33.7 Å². The van der Waals surface area contributed by atoms with Gasteiger partial charge in [0.15, 0.2) is 0 Å². The molecular weight excluding hydrogens is 290 g/mol. The fraction of sp³-hybridized carbons (Fsp3) is 0.769. The van der Waals surface area contributed by atoms with Gasteiger partial charge in [-0.25, -0.2) is 8.42 Å². The molecule has 7 nitrogen and oxygen atoms in total. The summed E-state index contributed by atoms with van der Waals surface area (Å²) in [6.45, 7) is 2.34.